The normalized spacial score (nSPS) is 21.8. The number of carbonyl (C=O) groups excluding carboxylic acids is 2. The Morgan fingerprint density at radius 3 is 2.74 bits per heavy atom. The summed E-state index contributed by atoms with van der Waals surface area (Å²) in [5, 5.41) is 20.3. The van der Waals surface area contributed by atoms with Gasteiger partial charge in [0, 0.05) is 11.9 Å². The molecule has 10 nitrogen and oxygen atoms in total. The van der Waals surface area contributed by atoms with Crippen molar-refractivity contribution in [2.75, 3.05) is 11.5 Å². The molecule has 5 N–H and O–H groups in total. The summed E-state index contributed by atoms with van der Waals surface area (Å²) in [7, 11) is 0. The lowest BCUT2D eigenvalue weighted by atomic mass is 10.0. The monoisotopic (exact) mass is 410 g/mol. The molecule has 0 spiro atoms. The number of carbonyl (C=O) groups is 4. The van der Waals surface area contributed by atoms with Crippen molar-refractivity contribution in [1.29, 1.82) is 0 Å². The molecule has 3 heterocycles. The summed E-state index contributed by atoms with van der Waals surface area (Å²) in [6.07, 6.45) is 3.62. The van der Waals surface area contributed by atoms with Crippen molar-refractivity contribution >= 4 is 57.6 Å². The van der Waals surface area contributed by atoms with Gasteiger partial charge >= 0.3 is 11.9 Å². The van der Waals surface area contributed by atoms with Crippen molar-refractivity contribution in [3.8, 4) is 0 Å². The third-order valence-electron chi connectivity index (χ3n) is 3.87. The predicted molar refractivity (Wildman–Crippen MR) is 97.5 cm³/mol. The molecule has 27 heavy (non-hydrogen) atoms. The van der Waals surface area contributed by atoms with E-state index in [-0.39, 0.29) is 16.4 Å². The number of thiazole rings is 1. The summed E-state index contributed by atoms with van der Waals surface area (Å²) in [6.45, 7) is 0. The molecule has 2 atom stereocenters. The van der Waals surface area contributed by atoms with Gasteiger partial charge in [0.15, 0.2) is 5.13 Å². The molecule has 1 aromatic rings. The number of rotatable bonds is 6. The van der Waals surface area contributed by atoms with Gasteiger partial charge in [-0.2, -0.15) is 0 Å². The SMILES string of the molecule is Nc1ncc(C(=CCC(=O)O)C(=O)NC2C(=O)N3C(C(=O)O)=CCSC23)s1. The van der Waals surface area contributed by atoms with Crippen LogP contribution in [0.4, 0.5) is 5.13 Å². The van der Waals surface area contributed by atoms with Gasteiger partial charge in [-0.05, 0) is 6.08 Å². The fourth-order valence-electron chi connectivity index (χ4n) is 2.66. The number of anilines is 1. The van der Waals surface area contributed by atoms with Gasteiger partial charge < -0.3 is 21.3 Å². The largest absolute Gasteiger partial charge is 0.481 e. The van der Waals surface area contributed by atoms with Crippen LogP contribution in [0.1, 0.15) is 11.3 Å². The van der Waals surface area contributed by atoms with Gasteiger partial charge in [0.1, 0.15) is 17.1 Å². The van der Waals surface area contributed by atoms with Gasteiger partial charge in [0.05, 0.1) is 16.9 Å². The van der Waals surface area contributed by atoms with Crippen molar-refractivity contribution in [2.45, 2.75) is 17.8 Å². The quantitative estimate of drug-likeness (QED) is 0.372. The first-order valence-electron chi connectivity index (χ1n) is 7.62. The smallest absolute Gasteiger partial charge is 0.352 e. The van der Waals surface area contributed by atoms with Crippen LogP contribution in [0, 0.1) is 0 Å². The molecule has 2 amide bonds. The van der Waals surface area contributed by atoms with Gasteiger partial charge in [-0.3, -0.25) is 19.3 Å². The molecule has 1 aromatic heterocycles. The van der Waals surface area contributed by atoms with Gasteiger partial charge in [-0.1, -0.05) is 17.4 Å². The summed E-state index contributed by atoms with van der Waals surface area (Å²) in [5.41, 5.74) is 5.51. The van der Waals surface area contributed by atoms with Crippen LogP contribution in [0.3, 0.4) is 0 Å². The molecule has 0 aromatic carbocycles. The number of thioether (sulfide) groups is 1. The number of aliphatic carboxylic acids is 2. The molecule has 3 rings (SSSR count). The zero-order chi connectivity index (χ0) is 19.7. The maximum Gasteiger partial charge on any atom is 0.352 e. The molecular weight excluding hydrogens is 396 g/mol. The second-order valence-electron chi connectivity index (χ2n) is 5.56. The Bertz CT molecular complexity index is 893. The first-order valence-corrected chi connectivity index (χ1v) is 9.48. The number of nitrogens with zero attached hydrogens (tertiary/aromatic N) is 2. The molecule has 0 radical (unpaired) electrons. The third-order valence-corrected chi connectivity index (χ3v) is 5.91. The lowest BCUT2D eigenvalue weighted by Gasteiger charge is -2.48. The molecule has 142 valence electrons. The number of hydrogen-bond acceptors (Lipinski definition) is 8. The van der Waals surface area contributed by atoms with E-state index in [4.69, 9.17) is 15.9 Å². The molecule has 2 aliphatic heterocycles. The van der Waals surface area contributed by atoms with Crippen LogP contribution in [0.15, 0.2) is 24.0 Å². The summed E-state index contributed by atoms with van der Waals surface area (Å²) in [4.78, 5) is 52.4. The number of nitrogens with two attached hydrogens (primary N) is 1. The predicted octanol–water partition coefficient (Wildman–Crippen LogP) is -0.0482. The van der Waals surface area contributed by atoms with Gasteiger partial charge in [-0.25, -0.2) is 9.78 Å². The number of nitrogen functional groups attached to an aromatic ring is 1. The van der Waals surface area contributed by atoms with E-state index >= 15 is 0 Å². The van der Waals surface area contributed by atoms with E-state index < -0.39 is 41.6 Å². The molecule has 12 heteroatoms. The van der Waals surface area contributed by atoms with E-state index in [1.807, 2.05) is 0 Å². The third kappa shape index (κ3) is 3.66. The van der Waals surface area contributed by atoms with E-state index in [1.165, 1.54) is 30.1 Å². The maximum atomic E-state index is 12.7. The van der Waals surface area contributed by atoms with E-state index in [9.17, 15) is 19.2 Å². The topological polar surface area (TPSA) is 163 Å². The number of carboxylic acid groups (broad SMARTS) is 2. The van der Waals surface area contributed by atoms with Gasteiger partial charge in [-0.15, -0.1) is 11.8 Å². The van der Waals surface area contributed by atoms with Crippen molar-refractivity contribution < 1.29 is 29.4 Å². The average Bonchev–Trinajstić information content (AvgIpc) is 3.04. The molecule has 0 bridgehead atoms. The van der Waals surface area contributed by atoms with E-state index in [0.717, 1.165) is 16.2 Å². The minimum absolute atomic E-state index is 0.0488. The highest BCUT2D eigenvalue weighted by Crippen LogP contribution is 2.37. The highest BCUT2D eigenvalue weighted by Gasteiger charge is 2.52. The first kappa shape index (κ1) is 18.9. The summed E-state index contributed by atoms with van der Waals surface area (Å²) in [5.74, 6) is -3.11. The molecular formula is C15H14N4O6S2. The van der Waals surface area contributed by atoms with Crippen LogP contribution in [0.2, 0.25) is 0 Å². The zero-order valence-electron chi connectivity index (χ0n) is 13.6. The van der Waals surface area contributed by atoms with Crippen LogP contribution in [-0.2, 0) is 19.2 Å². The lowest BCUT2D eigenvalue weighted by Crippen LogP contribution is -2.70. The van der Waals surface area contributed by atoms with Gasteiger partial charge in [0.2, 0.25) is 0 Å². The van der Waals surface area contributed by atoms with Crippen LogP contribution < -0.4 is 11.1 Å². The Morgan fingerprint density at radius 1 is 1.41 bits per heavy atom. The highest BCUT2D eigenvalue weighted by molar-refractivity contribution is 8.00. The Morgan fingerprint density at radius 2 is 2.15 bits per heavy atom. The van der Waals surface area contributed by atoms with Gasteiger partial charge in [0.25, 0.3) is 11.8 Å². The molecule has 2 aliphatic rings. The van der Waals surface area contributed by atoms with Crippen LogP contribution in [-0.4, -0.2) is 61.0 Å². The Balaban J connectivity index is 1.78. The molecule has 0 saturated carbocycles. The standard InChI is InChI=1S/C15H14N4O6S2/c16-15-17-5-8(27-15)6(1-2-9(20)21)11(22)18-10-12(23)19-7(14(24)25)3-4-26-13(10)19/h1,3,5,10,13H,2,4H2,(H2,16,17)(H,18,22)(H,20,21)(H,24,25). The molecule has 0 aliphatic carbocycles. The molecule has 1 saturated heterocycles. The van der Waals surface area contributed by atoms with Crippen molar-refractivity contribution in [3.05, 3.63) is 28.9 Å². The van der Waals surface area contributed by atoms with Crippen LogP contribution >= 0.6 is 23.1 Å². The molecule has 2 unspecified atom stereocenters. The van der Waals surface area contributed by atoms with Crippen molar-refractivity contribution in [3.63, 3.8) is 0 Å². The number of nitrogens with one attached hydrogen (secondary N) is 1. The van der Waals surface area contributed by atoms with E-state index in [1.54, 1.807) is 0 Å². The Labute approximate surface area is 160 Å². The summed E-state index contributed by atoms with van der Waals surface area (Å²) in [6, 6.07) is -0.899. The fourth-order valence-corrected chi connectivity index (χ4v) is 4.58. The number of carboxylic acids is 2. The average molecular weight is 410 g/mol. The number of aromatic nitrogens is 1. The van der Waals surface area contributed by atoms with E-state index in [0.29, 0.717) is 10.6 Å². The fraction of sp³-hybridized carbons (Fsp3) is 0.267. The van der Waals surface area contributed by atoms with Crippen molar-refractivity contribution in [2.24, 2.45) is 0 Å². The maximum absolute atomic E-state index is 12.7. The van der Waals surface area contributed by atoms with E-state index in [2.05, 4.69) is 10.3 Å². The molecule has 1 fully saturated rings. The summed E-state index contributed by atoms with van der Waals surface area (Å²) < 4.78 is 0. The second kappa shape index (κ2) is 7.40. The second-order valence-corrected chi connectivity index (χ2v) is 7.77. The lowest BCUT2D eigenvalue weighted by molar-refractivity contribution is -0.150. The number of β-lactam (4-membered cyclic amide) rings is 1. The number of fused-ring (bicyclic) bond motifs is 1. The number of amides is 2. The minimum atomic E-state index is -1.21. The Hall–Kier alpha value is -2.86. The van der Waals surface area contributed by atoms with Crippen LogP contribution in [0.25, 0.3) is 5.57 Å². The van der Waals surface area contributed by atoms with Crippen LogP contribution in [0.5, 0.6) is 0 Å². The number of hydrogen-bond donors (Lipinski definition) is 4. The van der Waals surface area contributed by atoms with Crippen molar-refractivity contribution in [1.82, 2.24) is 15.2 Å². The zero-order valence-corrected chi connectivity index (χ0v) is 15.2. The minimum Gasteiger partial charge on any atom is -0.481 e. The summed E-state index contributed by atoms with van der Waals surface area (Å²) >= 11 is 2.34. The first-order chi connectivity index (χ1) is 12.8. The Kier molecular flexibility index (Phi) is 5.19. The highest BCUT2D eigenvalue weighted by atomic mass is 32.2.